The number of hydrogen-bond donors (Lipinski definition) is 1. The molecule has 0 unspecified atom stereocenters. The first-order valence-corrected chi connectivity index (χ1v) is 7.95. The van der Waals surface area contributed by atoms with E-state index in [-0.39, 0.29) is 18.2 Å². The van der Waals surface area contributed by atoms with Crippen LogP contribution in [0.15, 0.2) is 78.9 Å². The molecule has 3 rings (SSSR count). The van der Waals surface area contributed by atoms with Crippen LogP contribution in [0.5, 0.6) is 5.75 Å². The van der Waals surface area contributed by atoms with Gasteiger partial charge in [-0.2, -0.15) is 0 Å². The monoisotopic (exact) mass is 348 g/mol. The van der Waals surface area contributed by atoms with Gasteiger partial charge in [-0.15, -0.1) is 0 Å². The van der Waals surface area contributed by atoms with Crippen molar-refractivity contribution in [2.45, 2.75) is 0 Å². The van der Waals surface area contributed by atoms with Gasteiger partial charge in [0.15, 0.2) is 6.61 Å². The van der Waals surface area contributed by atoms with Gasteiger partial charge in [0.2, 0.25) is 0 Å². The average Bonchev–Trinajstić information content (AvgIpc) is 2.68. The second kappa shape index (κ2) is 7.94. The van der Waals surface area contributed by atoms with E-state index in [1.807, 2.05) is 54.6 Å². The Kier molecular flexibility index (Phi) is 5.24. The van der Waals surface area contributed by atoms with Crippen molar-refractivity contribution in [2.75, 3.05) is 11.9 Å². The van der Waals surface area contributed by atoms with Crippen LogP contribution in [0.25, 0.3) is 11.1 Å². The zero-order valence-electron chi connectivity index (χ0n) is 13.8. The number of nitrogens with zero attached hydrogens (tertiary/aromatic N) is 1. The van der Waals surface area contributed by atoms with E-state index in [1.54, 1.807) is 0 Å². The minimum absolute atomic E-state index is 0.0291. The van der Waals surface area contributed by atoms with Crippen molar-refractivity contribution in [1.29, 1.82) is 0 Å². The van der Waals surface area contributed by atoms with E-state index in [0.717, 1.165) is 11.1 Å². The van der Waals surface area contributed by atoms with Crippen LogP contribution in [-0.4, -0.2) is 17.4 Å². The van der Waals surface area contributed by atoms with Crippen molar-refractivity contribution >= 4 is 17.3 Å². The largest absolute Gasteiger partial charge is 0.484 e. The highest BCUT2D eigenvalue weighted by atomic mass is 16.6. The second-order valence-electron chi connectivity index (χ2n) is 5.50. The maximum atomic E-state index is 12.2. The zero-order chi connectivity index (χ0) is 18.4. The zero-order valence-corrected chi connectivity index (χ0v) is 13.8. The Balaban J connectivity index is 1.65. The van der Waals surface area contributed by atoms with Crippen LogP contribution in [-0.2, 0) is 4.79 Å². The lowest BCUT2D eigenvalue weighted by Crippen LogP contribution is -2.20. The molecule has 0 saturated carbocycles. The van der Waals surface area contributed by atoms with Crippen LogP contribution < -0.4 is 10.1 Å². The minimum atomic E-state index is -0.489. The molecule has 0 saturated heterocycles. The number of non-ortho nitro benzene ring substituents is 1. The maximum absolute atomic E-state index is 12.2. The van der Waals surface area contributed by atoms with E-state index < -0.39 is 4.92 Å². The number of hydrogen-bond acceptors (Lipinski definition) is 4. The molecule has 0 radical (unpaired) electrons. The van der Waals surface area contributed by atoms with Crippen molar-refractivity contribution in [2.24, 2.45) is 0 Å². The number of para-hydroxylation sites is 1. The molecule has 130 valence electrons. The number of anilines is 1. The summed E-state index contributed by atoms with van der Waals surface area (Å²) >= 11 is 0. The summed E-state index contributed by atoms with van der Waals surface area (Å²) in [7, 11) is 0. The summed E-state index contributed by atoms with van der Waals surface area (Å²) in [6, 6.07) is 22.8. The van der Waals surface area contributed by atoms with Gasteiger partial charge in [-0.1, -0.05) is 48.5 Å². The second-order valence-corrected chi connectivity index (χ2v) is 5.50. The lowest BCUT2D eigenvalue weighted by Gasteiger charge is -2.12. The fourth-order valence-electron chi connectivity index (χ4n) is 2.46. The maximum Gasteiger partial charge on any atom is 0.269 e. The molecule has 6 heteroatoms. The van der Waals surface area contributed by atoms with Crippen LogP contribution >= 0.6 is 0 Å². The van der Waals surface area contributed by atoms with E-state index >= 15 is 0 Å². The molecule has 1 N–H and O–H groups in total. The van der Waals surface area contributed by atoms with E-state index in [1.165, 1.54) is 24.3 Å². The van der Waals surface area contributed by atoms with Gasteiger partial charge in [0.25, 0.3) is 11.6 Å². The van der Waals surface area contributed by atoms with E-state index in [0.29, 0.717) is 11.4 Å². The highest BCUT2D eigenvalue weighted by Crippen LogP contribution is 2.27. The van der Waals surface area contributed by atoms with Crippen LogP contribution in [0.2, 0.25) is 0 Å². The van der Waals surface area contributed by atoms with Gasteiger partial charge >= 0.3 is 0 Å². The third-order valence-electron chi connectivity index (χ3n) is 3.70. The van der Waals surface area contributed by atoms with Crippen molar-refractivity contribution in [3.8, 4) is 16.9 Å². The van der Waals surface area contributed by atoms with Gasteiger partial charge in [-0.25, -0.2) is 0 Å². The highest BCUT2D eigenvalue weighted by molar-refractivity contribution is 5.96. The van der Waals surface area contributed by atoms with Crippen LogP contribution in [0.3, 0.4) is 0 Å². The Morgan fingerprint density at radius 3 is 2.27 bits per heavy atom. The van der Waals surface area contributed by atoms with Gasteiger partial charge in [0.05, 0.1) is 4.92 Å². The van der Waals surface area contributed by atoms with Gasteiger partial charge < -0.3 is 10.1 Å². The molecular formula is C20H16N2O4. The quantitative estimate of drug-likeness (QED) is 0.532. The Labute approximate surface area is 150 Å². The first-order valence-electron chi connectivity index (χ1n) is 7.95. The Morgan fingerprint density at radius 2 is 1.58 bits per heavy atom. The number of rotatable bonds is 6. The SMILES string of the molecule is O=C(COc1ccc([N+](=O)[O-])cc1)Nc1ccccc1-c1ccccc1. The van der Waals surface area contributed by atoms with E-state index in [4.69, 9.17) is 4.74 Å². The molecule has 0 aliphatic heterocycles. The summed E-state index contributed by atoms with van der Waals surface area (Å²) in [5.41, 5.74) is 2.58. The van der Waals surface area contributed by atoms with Gasteiger partial charge in [-0.05, 0) is 23.8 Å². The molecule has 1 amide bonds. The number of benzene rings is 3. The topological polar surface area (TPSA) is 81.5 Å². The van der Waals surface area contributed by atoms with Crippen molar-refractivity contribution in [1.82, 2.24) is 0 Å². The predicted octanol–water partition coefficient (Wildman–Crippen LogP) is 4.28. The van der Waals surface area contributed by atoms with E-state index in [2.05, 4.69) is 5.32 Å². The molecule has 0 aromatic heterocycles. The summed E-state index contributed by atoms with van der Waals surface area (Å²) in [6.07, 6.45) is 0. The van der Waals surface area contributed by atoms with Crippen molar-refractivity contribution < 1.29 is 14.5 Å². The molecule has 3 aromatic carbocycles. The first-order chi connectivity index (χ1) is 12.6. The van der Waals surface area contributed by atoms with Gasteiger partial charge in [0.1, 0.15) is 5.75 Å². The average molecular weight is 348 g/mol. The van der Waals surface area contributed by atoms with Crippen molar-refractivity contribution in [3.63, 3.8) is 0 Å². The first kappa shape index (κ1) is 17.2. The van der Waals surface area contributed by atoms with Crippen LogP contribution in [0.4, 0.5) is 11.4 Å². The van der Waals surface area contributed by atoms with Gasteiger partial charge in [0, 0.05) is 23.4 Å². The van der Waals surface area contributed by atoms with Gasteiger partial charge in [-0.3, -0.25) is 14.9 Å². The summed E-state index contributed by atoms with van der Waals surface area (Å²) in [5.74, 6) is 0.0776. The van der Waals surface area contributed by atoms with Crippen LogP contribution in [0, 0.1) is 10.1 Å². The number of amides is 1. The smallest absolute Gasteiger partial charge is 0.269 e. The lowest BCUT2D eigenvalue weighted by atomic mass is 10.0. The summed E-state index contributed by atoms with van der Waals surface area (Å²) in [4.78, 5) is 22.3. The molecule has 26 heavy (non-hydrogen) atoms. The molecule has 0 fully saturated rings. The van der Waals surface area contributed by atoms with E-state index in [9.17, 15) is 14.9 Å². The summed E-state index contributed by atoms with van der Waals surface area (Å²) in [5, 5.41) is 13.5. The molecular weight excluding hydrogens is 332 g/mol. The molecule has 0 aliphatic rings. The standard InChI is InChI=1S/C20H16N2O4/c23-20(14-26-17-12-10-16(11-13-17)22(24)25)21-19-9-5-4-8-18(19)15-6-2-1-3-7-15/h1-13H,14H2,(H,21,23). The number of nitro benzene ring substituents is 1. The molecule has 0 atom stereocenters. The normalized spacial score (nSPS) is 10.2. The number of nitro groups is 1. The predicted molar refractivity (Wildman–Crippen MR) is 99.1 cm³/mol. The Hall–Kier alpha value is -3.67. The number of carbonyl (C=O) groups excluding carboxylic acids is 1. The fraction of sp³-hybridized carbons (Fsp3) is 0.0500. The molecule has 3 aromatic rings. The third-order valence-corrected chi connectivity index (χ3v) is 3.70. The summed E-state index contributed by atoms with van der Waals surface area (Å²) < 4.78 is 5.39. The number of nitrogens with one attached hydrogen (secondary N) is 1. The summed E-state index contributed by atoms with van der Waals surface area (Å²) in [6.45, 7) is -0.194. The number of carbonyl (C=O) groups is 1. The van der Waals surface area contributed by atoms with Crippen molar-refractivity contribution in [3.05, 3.63) is 89.0 Å². The fourth-order valence-corrected chi connectivity index (χ4v) is 2.46. The highest BCUT2D eigenvalue weighted by Gasteiger charge is 2.10. The minimum Gasteiger partial charge on any atom is -0.484 e. The molecule has 0 heterocycles. The molecule has 0 spiro atoms. The third kappa shape index (κ3) is 4.24. The van der Waals surface area contributed by atoms with Crippen LogP contribution in [0.1, 0.15) is 0 Å². The Morgan fingerprint density at radius 1 is 0.923 bits per heavy atom. The lowest BCUT2D eigenvalue weighted by molar-refractivity contribution is -0.384. The molecule has 0 aliphatic carbocycles. The molecule has 0 bridgehead atoms. The molecule has 6 nitrogen and oxygen atoms in total. The Bertz CT molecular complexity index is 909. The number of ether oxygens (including phenoxy) is 1.